The largest absolute Gasteiger partial charge is 0.481 e. The summed E-state index contributed by atoms with van der Waals surface area (Å²) in [6.45, 7) is 8.31. The minimum Gasteiger partial charge on any atom is -0.481 e. The van der Waals surface area contributed by atoms with Crippen molar-refractivity contribution in [2.75, 3.05) is 19.6 Å². The summed E-state index contributed by atoms with van der Waals surface area (Å²) in [7, 11) is 0. The number of nitrogens with zero attached hydrogens (tertiary/aromatic N) is 1. The number of carbonyl (C=O) groups is 3. The molecule has 7 nitrogen and oxygen atoms in total. The van der Waals surface area contributed by atoms with Crippen molar-refractivity contribution in [1.29, 1.82) is 0 Å². The normalized spacial score (nSPS) is 15.5. The molecule has 40 heavy (non-hydrogen) atoms. The summed E-state index contributed by atoms with van der Waals surface area (Å²) in [5.41, 5.74) is 0. The molecule has 0 saturated heterocycles. The van der Waals surface area contributed by atoms with Gasteiger partial charge in [-0.05, 0) is 38.2 Å². The number of aliphatic carboxylic acids is 3. The highest BCUT2D eigenvalue weighted by atomic mass is 16.4. The fourth-order valence-corrected chi connectivity index (χ4v) is 5.62. The molecule has 0 aliphatic heterocycles. The SMILES string of the molecule is CCCCCCCCCCCCCCCC/C=C/[N+](CC(CC)C(=O)O)(CC(CC)C(=O)O)CC(CC)C(=O)O. The summed E-state index contributed by atoms with van der Waals surface area (Å²) in [6.07, 6.45) is 24.2. The Hall–Kier alpha value is -1.89. The van der Waals surface area contributed by atoms with E-state index in [9.17, 15) is 29.7 Å². The third kappa shape index (κ3) is 17.7. The molecule has 0 aromatic heterocycles. The van der Waals surface area contributed by atoms with Crippen LogP contribution in [0.2, 0.25) is 0 Å². The molecule has 0 aliphatic carbocycles. The van der Waals surface area contributed by atoms with Crippen LogP contribution in [0.25, 0.3) is 0 Å². The predicted molar refractivity (Wildman–Crippen MR) is 163 cm³/mol. The van der Waals surface area contributed by atoms with Gasteiger partial charge in [-0.3, -0.25) is 18.9 Å². The predicted octanol–water partition coefficient (Wildman–Crippen LogP) is 8.52. The summed E-state index contributed by atoms with van der Waals surface area (Å²) in [5, 5.41) is 29.3. The minimum absolute atomic E-state index is 0.0824. The van der Waals surface area contributed by atoms with Crippen LogP contribution in [-0.4, -0.2) is 57.3 Å². The summed E-state index contributed by atoms with van der Waals surface area (Å²) in [4.78, 5) is 35.8. The van der Waals surface area contributed by atoms with Crippen molar-refractivity contribution in [1.82, 2.24) is 0 Å². The van der Waals surface area contributed by atoms with E-state index in [1.807, 2.05) is 33.0 Å². The first-order valence-electron chi connectivity index (χ1n) is 16.4. The fraction of sp³-hybridized carbons (Fsp3) is 0.848. The van der Waals surface area contributed by atoms with Crippen molar-refractivity contribution in [2.24, 2.45) is 17.8 Å². The molecule has 0 spiro atoms. The number of unbranched alkanes of at least 4 members (excludes halogenated alkanes) is 14. The first kappa shape index (κ1) is 38.1. The van der Waals surface area contributed by atoms with Gasteiger partial charge < -0.3 is 15.3 Å². The van der Waals surface area contributed by atoms with E-state index >= 15 is 0 Å². The molecule has 0 bridgehead atoms. The quantitative estimate of drug-likeness (QED) is 0.0644. The lowest BCUT2D eigenvalue weighted by molar-refractivity contribution is -0.887. The summed E-state index contributed by atoms with van der Waals surface area (Å²) in [6, 6.07) is 0. The van der Waals surface area contributed by atoms with Gasteiger partial charge in [-0.25, -0.2) is 0 Å². The maximum atomic E-state index is 11.9. The van der Waals surface area contributed by atoms with E-state index in [1.165, 1.54) is 77.0 Å². The van der Waals surface area contributed by atoms with Crippen molar-refractivity contribution in [3.8, 4) is 0 Å². The Morgan fingerprint density at radius 1 is 0.525 bits per heavy atom. The molecule has 3 unspecified atom stereocenters. The molecule has 0 fully saturated rings. The number of hydrogen-bond donors (Lipinski definition) is 3. The molecule has 3 atom stereocenters. The summed E-state index contributed by atoms with van der Waals surface area (Å²) in [5.74, 6) is -4.75. The second kappa shape index (κ2) is 23.8. The van der Waals surface area contributed by atoms with Gasteiger partial charge in [0, 0.05) is 0 Å². The molecular formula is C33H62NO6+. The van der Waals surface area contributed by atoms with E-state index in [0.717, 1.165) is 19.3 Å². The van der Waals surface area contributed by atoms with Gasteiger partial charge in [0.15, 0.2) is 0 Å². The standard InChI is InChI=1S/C33H61NO6/c1-5-9-10-11-12-13-14-15-16-17-18-19-20-21-22-23-24-34(25-28(6-2)31(35)36,26-29(7-3)32(37)38)27-30(8-4)33(39)40/h23-24,28-30H,5-22,25-27H2,1-4H3,(H2-,35,36,37,38,39,40)/p+1/b24-23+. The van der Waals surface area contributed by atoms with Gasteiger partial charge in [-0.1, -0.05) is 111 Å². The number of allylic oxidation sites excluding steroid dienone is 1. The first-order valence-corrected chi connectivity index (χ1v) is 16.4. The van der Waals surface area contributed by atoms with Gasteiger partial charge in [0.25, 0.3) is 0 Å². The molecule has 3 N–H and O–H groups in total. The van der Waals surface area contributed by atoms with Gasteiger partial charge in [-0.15, -0.1) is 0 Å². The van der Waals surface area contributed by atoms with Crippen LogP contribution >= 0.6 is 0 Å². The van der Waals surface area contributed by atoms with Gasteiger partial charge >= 0.3 is 17.9 Å². The smallest absolute Gasteiger partial charge is 0.312 e. The molecule has 0 amide bonds. The van der Waals surface area contributed by atoms with Crippen LogP contribution in [-0.2, 0) is 14.4 Å². The molecule has 0 radical (unpaired) electrons. The zero-order chi connectivity index (χ0) is 30.2. The lowest BCUT2D eigenvalue weighted by Gasteiger charge is -2.40. The average molecular weight is 569 g/mol. The molecule has 0 rings (SSSR count). The highest BCUT2D eigenvalue weighted by Gasteiger charge is 2.39. The average Bonchev–Trinajstić information content (AvgIpc) is 2.92. The fourth-order valence-electron chi connectivity index (χ4n) is 5.62. The third-order valence-electron chi connectivity index (χ3n) is 8.42. The lowest BCUT2D eigenvalue weighted by Crippen LogP contribution is -2.54. The van der Waals surface area contributed by atoms with Crippen molar-refractivity contribution >= 4 is 17.9 Å². The molecule has 0 heterocycles. The van der Waals surface area contributed by atoms with Crippen LogP contribution in [0.1, 0.15) is 143 Å². The maximum Gasteiger partial charge on any atom is 0.312 e. The second-order valence-corrected chi connectivity index (χ2v) is 11.9. The van der Waals surface area contributed by atoms with Crippen molar-refractivity contribution in [2.45, 2.75) is 143 Å². The molecule has 234 valence electrons. The Morgan fingerprint density at radius 2 is 0.825 bits per heavy atom. The Bertz CT molecular complexity index is 647. The van der Waals surface area contributed by atoms with Gasteiger partial charge in [0.1, 0.15) is 17.8 Å². The van der Waals surface area contributed by atoms with Crippen LogP contribution < -0.4 is 0 Å². The highest BCUT2D eigenvalue weighted by molar-refractivity contribution is 5.71. The number of hydrogen-bond acceptors (Lipinski definition) is 3. The van der Waals surface area contributed by atoms with Crippen LogP contribution in [0.5, 0.6) is 0 Å². The lowest BCUT2D eigenvalue weighted by atomic mass is 9.96. The molecule has 0 aromatic rings. The molecule has 0 aromatic carbocycles. The van der Waals surface area contributed by atoms with Crippen LogP contribution in [0.3, 0.4) is 0 Å². The van der Waals surface area contributed by atoms with Crippen molar-refractivity contribution in [3.05, 3.63) is 12.3 Å². The number of carboxylic acids is 3. The number of carboxylic acid groups (broad SMARTS) is 3. The second-order valence-electron chi connectivity index (χ2n) is 11.9. The van der Waals surface area contributed by atoms with E-state index in [1.54, 1.807) is 0 Å². The first-order chi connectivity index (χ1) is 19.2. The van der Waals surface area contributed by atoms with E-state index in [0.29, 0.717) is 19.3 Å². The monoisotopic (exact) mass is 568 g/mol. The molecule has 0 aliphatic rings. The Morgan fingerprint density at radius 3 is 1.10 bits per heavy atom. The van der Waals surface area contributed by atoms with Crippen LogP contribution in [0.4, 0.5) is 0 Å². The minimum atomic E-state index is -0.919. The van der Waals surface area contributed by atoms with Crippen molar-refractivity contribution < 1.29 is 34.2 Å². The van der Waals surface area contributed by atoms with E-state index in [-0.39, 0.29) is 24.1 Å². The van der Waals surface area contributed by atoms with E-state index in [2.05, 4.69) is 6.92 Å². The number of rotatable bonds is 28. The van der Waals surface area contributed by atoms with Gasteiger partial charge in [0.2, 0.25) is 0 Å². The molecule has 7 heteroatoms. The summed E-state index contributed by atoms with van der Waals surface area (Å²) >= 11 is 0. The van der Waals surface area contributed by atoms with E-state index in [4.69, 9.17) is 0 Å². The topological polar surface area (TPSA) is 112 Å². The Balaban J connectivity index is 4.96. The molecular weight excluding hydrogens is 506 g/mol. The van der Waals surface area contributed by atoms with Gasteiger partial charge in [0.05, 0.1) is 25.8 Å². The van der Waals surface area contributed by atoms with Gasteiger partial charge in [-0.2, -0.15) is 0 Å². The molecule has 0 saturated carbocycles. The maximum absolute atomic E-state index is 11.9. The zero-order valence-electron chi connectivity index (χ0n) is 26.2. The Kier molecular flexibility index (Phi) is 22.7. The van der Waals surface area contributed by atoms with Crippen LogP contribution in [0.15, 0.2) is 12.3 Å². The highest BCUT2D eigenvalue weighted by Crippen LogP contribution is 2.25. The van der Waals surface area contributed by atoms with E-state index < -0.39 is 35.7 Å². The zero-order valence-corrected chi connectivity index (χ0v) is 26.2. The van der Waals surface area contributed by atoms with Crippen LogP contribution in [0, 0.1) is 17.8 Å². The summed E-state index contributed by atoms with van der Waals surface area (Å²) < 4.78 is 0.0824. The third-order valence-corrected chi connectivity index (χ3v) is 8.42. The Labute approximate surface area is 245 Å². The van der Waals surface area contributed by atoms with Crippen molar-refractivity contribution in [3.63, 3.8) is 0 Å². The number of quaternary nitrogens is 1.